The third-order valence-corrected chi connectivity index (χ3v) is 4.69. The molecule has 108 valence electrons. The predicted octanol–water partition coefficient (Wildman–Crippen LogP) is 1.94. The molecule has 0 spiro atoms. The van der Waals surface area contributed by atoms with Crippen LogP contribution in [0.1, 0.15) is 31.2 Å². The Kier molecular flexibility index (Phi) is 3.42. The number of nitrogen functional groups attached to an aromatic ring is 1. The van der Waals surface area contributed by atoms with E-state index >= 15 is 0 Å². The van der Waals surface area contributed by atoms with Crippen LogP contribution in [0.2, 0.25) is 0 Å². The minimum Gasteiger partial charge on any atom is -0.399 e. The van der Waals surface area contributed by atoms with Gasteiger partial charge in [0.25, 0.3) is 0 Å². The molecule has 1 aliphatic carbocycles. The van der Waals surface area contributed by atoms with Crippen LogP contribution >= 0.6 is 0 Å². The van der Waals surface area contributed by atoms with Crippen LogP contribution in [0.3, 0.4) is 0 Å². The molecule has 1 heterocycles. The Hall–Kier alpha value is -1.55. The molecular weight excluding hydrogens is 252 g/mol. The molecule has 1 aromatic carbocycles. The van der Waals surface area contributed by atoms with Crippen molar-refractivity contribution in [3.8, 4) is 0 Å². The van der Waals surface area contributed by atoms with Crippen molar-refractivity contribution < 1.29 is 9.53 Å². The highest BCUT2D eigenvalue weighted by atomic mass is 16.5. The van der Waals surface area contributed by atoms with Gasteiger partial charge < -0.3 is 15.4 Å². The van der Waals surface area contributed by atoms with Crippen LogP contribution in [0.4, 0.5) is 5.69 Å². The van der Waals surface area contributed by atoms with Crippen molar-refractivity contribution in [1.29, 1.82) is 0 Å². The summed E-state index contributed by atoms with van der Waals surface area (Å²) in [5, 5.41) is 0. The Morgan fingerprint density at radius 3 is 2.35 bits per heavy atom. The molecule has 1 saturated heterocycles. The zero-order chi connectivity index (χ0) is 14.2. The third kappa shape index (κ3) is 2.29. The first-order valence-corrected chi connectivity index (χ1v) is 7.34. The molecule has 2 aliphatic rings. The number of nitrogens with two attached hydrogens (primary N) is 1. The maximum absolute atomic E-state index is 12.8. The molecule has 1 saturated carbocycles. The first kappa shape index (κ1) is 13.4. The van der Waals surface area contributed by atoms with E-state index < -0.39 is 0 Å². The fourth-order valence-electron chi connectivity index (χ4n) is 3.15. The van der Waals surface area contributed by atoms with Crippen molar-refractivity contribution >= 4 is 11.6 Å². The molecule has 4 nitrogen and oxygen atoms in total. The fourth-order valence-corrected chi connectivity index (χ4v) is 3.15. The number of hydrogen-bond donors (Lipinski definition) is 1. The molecule has 0 atom stereocenters. The summed E-state index contributed by atoms with van der Waals surface area (Å²) in [6.07, 6.45) is 4.12. The predicted molar refractivity (Wildman–Crippen MR) is 78.4 cm³/mol. The molecule has 0 aromatic heterocycles. The van der Waals surface area contributed by atoms with Crippen LogP contribution in [0.25, 0.3) is 0 Å². The Labute approximate surface area is 119 Å². The lowest BCUT2D eigenvalue weighted by atomic mass is 9.93. The van der Waals surface area contributed by atoms with E-state index in [-0.39, 0.29) is 11.3 Å². The number of likely N-dealkylation sites (tertiary alicyclic amines) is 1. The lowest BCUT2D eigenvalue weighted by Gasteiger charge is -2.34. The standard InChI is InChI=1S/C16H22N2O2/c1-20-14-6-10-18(11-7-14)15(19)16(8-9-16)12-2-4-13(17)5-3-12/h2-5,14H,6-11,17H2,1H3. The first-order valence-electron chi connectivity index (χ1n) is 7.34. The van der Waals surface area contributed by atoms with Gasteiger partial charge in [0.1, 0.15) is 0 Å². The van der Waals surface area contributed by atoms with Gasteiger partial charge >= 0.3 is 0 Å². The van der Waals surface area contributed by atoms with E-state index in [1.807, 2.05) is 29.2 Å². The highest BCUT2D eigenvalue weighted by Crippen LogP contribution is 2.50. The van der Waals surface area contributed by atoms with Gasteiger partial charge in [0, 0.05) is 25.9 Å². The summed E-state index contributed by atoms with van der Waals surface area (Å²) in [5.74, 6) is 0.289. The summed E-state index contributed by atoms with van der Waals surface area (Å²) < 4.78 is 5.37. The highest BCUT2D eigenvalue weighted by molar-refractivity contribution is 5.91. The van der Waals surface area contributed by atoms with Gasteiger partial charge in [-0.15, -0.1) is 0 Å². The Morgan fingerprint density at radius 2 is 1.85 bits per heavy atom. The van der Waals surface area contributed by atoms with Crippen LogP contribution in [-0.4, -0.2) is 37.1 Å². The van der Waals surface area contributed by atoms with Crippen molar-refractivity contribution in [2.75, 3.05) is 25.9 Å². The van der Waals surface area contributed by atoms with E-state index in [1.165, 1.54) is 0 Å². The summed E-state index contributed by atoms with van der Waals surface area (Å²) in [6.45, 7) is 1.63. The number of hydrogen-bond acceptors (Lipinski definition) is 3. The molecule has 1 aliphatic heterocycles. The zero-order valence-electron chi connectivity index (χ0n) is 12.0. The molecule has 3 rings (SSSR count). The normalized spacial score (nSPS) is 21.8. The molecule has 1 aromatic rings. The van der Waals surface area contributed by atoms with E-state index in [0.717, 1.165) is 50.0 Å². The lowest BCUT2D eigenvalue weighted by molar-refractivity contribution is -0.136. The van der Waals surface area contributed by atoms with Crippen molar-refractivity contribution in [3.63, 3.8) is 0 Å². The number of carbonyl (C=O) groups excluding carboxylic acids is 1. The molecular formula is C16H22N2O2. The zero-order valence-corrected chi connectivity index (χ0v) is 12.0. The Bertz CT molecular complexity index is 486. The minimum atomic E-state index is -0.270. The van der Waals surface area contributed by atoms with Gasteiger partial charge in [-0.1, -0.05) is 12.1 Å². The van der Waals surface area contributed by atoms with Gasteiger partial charge in [0.05, 0.1) is 11.5 Å². The van der Waals surface area contributed by atoms with E-state index in [9.17, 15) is 4.79 Å². The third-order valence-electron chi connectivity index (χ3n) is 4.69. The lowest BCUT2D eigenvalue weighted by Crippen LogP contribution is -2.45. The molecule has 0 radical (unpaired) electrons. The van der Waals surface area contributed by atoms with Gasteiger partial charge in [-0.05, 0) is 43.4 Å². The second-order valence-electron chi connectivity index (χ2n) is 5.93. The van der Waals surface area contributed by atoms with E-state index in [0.29, 0.717) is 6.10 Å². The van der Waals surface area contributed by atoms with Crippen molar-refractivity contribution in [3.05, 3.63) is 29.8 Å². The molecule has 0 bridgehead atoms. The number of anilines is 1. The van der Waals surface area contributed by atoms with Crippen LogP contribution in [-0.2, 0) is 14.9 Å². The monoisotopic (exact) mass is 274 g/mol. The molecule has 1 amide bonds. The summed E-state index contributed by atoms with van der Waals surface area (Å²) in [6, 6.07) is 7.78. The average Bonchev–Trinajstić information content (AvgIpc) is 3.29. The van der Waals surface area contributed by atoms with E-state index in [4.69, 9.17) is 10.5 Å². The average molecular weight is 274 g/mol. The van der Waals surface area contributed by atoms with Crippen molar-refractivity contribution in [2.24, 2.45) is 0 Å². The van der Waals surface area contributed by atoms with Gasteiger partial charge in [0.15, 0.2) is 0 Å². The topological polar surface area (TPSA) is 55.6 Å². The summed E-state index contributed by atoms with van der Waals surface area (Å²) in [7, 11) is 1.75. The second kappa shape index (κ2) is 5.09. The number of nitrogens with zero attached hydrogens (tertiary/aromatic N) is 1. The summed E-state index contributed by atoms with van der Waals surface area (Å²) in [5.41, 5.74) is 7.32. The van der Waals surface area contributed by atoms with Crippen LogP contribution in [0.15, 0.2) is 24.3 Å². The van der Waals surface area contributed by atoms with Crippen LogP contribution in [0, 0.1) is 0 Å². The smallest absolute Gasteiger partial charge is 0.233 e. The van der Waals surface area contributed by atoms with Gasteiger partial charge in [-0.25, -0.2) is 0 Å². The number of amides is 1. The minimum absolute atomic E-state index is 0.270. The molecule has 4 heteroatoms. The summed E-state index contributed by atoms with van der Waals surface area (Å²) >= 11 is 0. The number of piperidine rings is 1. The first-order chi connectivity index (χ1) is 9.65. The number of ether oxygens (including phenoxy) is 1. The number of methoxy groups -OCH3 is 1. The second-order valence-corrected chi connectivity index (χ2v) is 5.93. The number of benzene rings is 1. The fraction of sp³-hybridized carbons (Fsp3) is 0.562. The van der Waals surface area contributed by atoms with E-state index in [1.54, 1.807) is 7.11 Å². The van der Waals surface area contributed by atoms with Gasteiger partial charge in [0.2, 0.25) is 5.91 Å². The summed E-state index contributed by atoms with van der Waals surface area (Å²) in [4.78, 5) is 14.8. The van der Waals surface area contributed by atoms with Crippen molar-refractivity contribution in [1.82, 2.24) is 4.90 Å². The van der Waals surface area contributed by atoms with Crippen LogP contribution in [0.5, 0.6) is 0 Å². The molecule has 0 unspecified atom stereocenters. The number of carbonyl (C=O) groups is 1. The number of rotatable bonds is 3. The SMILES string of the molecule is COC1CCN(C(=O)C2(c3ccc(N)cc3)CC2)CC1. The molecule has 20 heavy (non-hydrogen) atoms. The van der Waals surface area contributed by atoms with E-state index in [2.05, 4.69) is 0 Å². The van der Waals surface area contributed by atoms with Crippen molar-refractivity contribution in [2.45, 2.75) is 37.2 Å². The highest BCUT2D eigenvalue weighted by Gasteiger charge is 2.53. The molecule has 2 fully saturated rings. The van der Waals surface area contributed by atoms with Gasteiger partial charge in [-0.2, -0.15) is 0 Å². The molecule has 2 N–H and O–H groups in total. The maximum atomic E-state index is 12.8. The largest absolute Gasteiger partial charge is 0.399 e. The Balaban J connectivity index is 1.72. The Morgan fingerprint density at radius 1 is 1.25 bits per heavy atom. The maximum Gasteiger partial charge on any atom is 0.233 e. The van der Waals surface area contributed by atoms with Gasteiger partial charge in [-0.3, -0.25) is 4.79 Å². The van der Waals surface area contributed by atoms with Crippen LogP contribution < -0.4 is 5.73 Å². The quantitative estimate of drug-likeness (QED) is 0.857.